The van der Waals surface area contributed by atoms with Crippen molar-refractivity contribution in [2.45, 2.75) is 6.42 Å². The SMILES string of the molecule is NC(=O)CCOCCNc1ccc([N+](=O)[O-])c2nonc12. The largest absolute Gasteiger partial charge is 0.381 e. The molecule has 0 fully saturated rings. The highest BCUT2D eigenvalue weighted by molar-refractivity contribution is 5.93. The van der Waals surface area contributed by atoms with Gasteiger partial charge in [-0.25, -0.2) is 4.63 Å². The maximum atomic E-state index is 10.8. The summed E-state index contributed by atoms with van der Waals surface area (Å²) in [6.07, 6.45) is 0.162. The summed E-state index contributed by atoms with van der Waals surface area (Å²) < 4.78 is 9.73. The molecule has 1 heterocycles. The number of nitrogens with one attached hydrogen (secondary N) is 1. The van der Waals surface area contributed by atoms with Gasteiger partial charge in [-0.3, -0.25) is 14.9 Å². The third kappa shape index (κ3) is 3.63. The van der Waals surface area contributed by atoms with Crippen LogP contribution in [0.15, 0.2) is 16.8 Å². The minimum absolute atomic E-state index is 0.0830. The van der Waals surface area contributed by atoms with Crippen molar-refractivity contribution in [3.05, 3.63) is 22.2 Å². The number of amides is 1. The molecule has 10 heteroatoms. The third-order valence-electron chi connectivity index (χ3n) is 2.65. The lowest BCUT2D eigenvalue weighted by Gasteiger charge is -2.06. The number of nitro benzene ring substituents is 1. The number of hydrogen-bond acceptors (Lipinski definition) is 8. The fourth-order valence-corrected chi connectivity index (χ4v) is 1.68. The zero-order valence-electron chi connectivity index (χ0n) is 10.9. The molecule has 0 atom stereocenters. The summed E-state index contributed by atoms with van der Waals surface area (Å²) in [5, 5.41) is 21.0. The summed E-state index contributed by atoms with van der Waals surface area (Å²) in [7, 11) is 0. The highest BCUT2D eigenvalue weighted by Gasteiger charge is 2.19. The smallest absolute Gasteiger partial charge is 0.300 e. The van der Waals surface area contributed by atoms with E-state index < -0.39 is 10.8 Å². The Balaban J connectivity index is 1.94. The van der Waals surface area contributed by atoms with Crippen molar-refractivity contribution < 1.29 is 19.1 Å². The van der Waals surface area contributed by atoms with Gasteiger partial charge in [-0.05, 0) is 16.4 Å². The molecule has 1 aromatic heterocycles. The summed E-state index contributed by atoms with van der Waals surface area (Å²) in [5.41, 5.74) is 5.71. The first-order chi connectivity index (χ1) is 10.1. The number of nitrogens with two attached hydrogens (primary N) is 1. The average molecular weight is 295 g/mol. The maximum absolute atomic E-state index is 10.8. The number of nitro groups is 1. The molecular weight excluding hydrogens is 282 g/mol. The van der Waals surface area contributed by atoms with Crippen molar-refractivity contribution in [3.63, 3.8) is 0 Å². The van der Waals surface area contributed by atoms with Gasteiger partial charge < -0.3 is 15.8 Å². The predicted octanol–water partition coefficient (Wildman–Crippen LogP) is 0.435. The Morgan fingerprint density at radius 3 is 2.86 bits per heavy atom. The van der Waals surface area contributed by atoms with Crippen LogP contribution in [0, 0.1) is 10.1 Å². The molecule has 1 amide bonds. The average Bonchev–Trinajstić information content (AvgIpc) is 2.91. The number of anilines is 1. The van der Waals surface area contributed by atoms with Gasteiger partial charge in [0.2, 0.25) is 11.4 Å². The van der Waals surface area contributed by atoms with Crippen LogP contribution in [0.3, 0.4) is 0 Å². The lowest BCUT2D eigenvalue weighted by atomic mass is 10.2. The van der Waals surface area contributed by atoms with Crippen molar-refractivity contribution >= 4 is 28.3 Å². The Labute approximate surface area is 118 Å². The van der Waals surface area contributed by atoms with Gasteiger partial charge in [0.1, 0.15) is 0 Å². The van der Waals surface area contributed by atoms with Gasteiger partial charge in [-0.2, -0.15) is 0 Å². The Hall–Kier alpha value is -2.75. The quantitative estimate of drug-likeness (QED) is 0.405. The third-order valence-corrected chi connectivity index (χ3v) is 2.65. The zero-order chi connectivity index (χ0) is 15.2. The predicted molar refractivity (Wildman–Crippen MR) is 71.6 cm³/mol. The van der Waals surface area contributed by atoms with E-state index in [1.54, 1.807) is 0 Å². The minimum Gasteiger partial charge on any atom is -0.381 e. The molecule has 10 nitrogen and oxygen atoms in total. The van der Waals surface area contributed by atoms with Crippen molar-refractivity contribution in [3.8, 4) is 0 Å². The van der Waals surface area contributed by atoms with Gasteiger partial charge in [-0.1, -0.05) is 0 Å². The number of hydrogen-bond donors (Lipinski definition) is 2. The van der Waals surface area contributed by atoms with Gasteiger partial charge in [0.05, 0.1) is 23.8 Å². The molecule has 0 bridgehead atoms. The number of primary amides is 1. The topological polar surface area (TPSA) is 146 Å². The van der Waals surface area contributed by atoms with Crippen LogP contribution < -0.4 is 11.1 Å². The van der Waals surface area contributed by atoms with Crippen molar-refractivity contribution in [1.29, 1.82) is 0 Å². The number of fused-ring (bicyclic) bond motifs is 1. The van der Waals surface area contributed by atoms with Gasteiger partial charge in [-0.15, -0.1) is 0 Å². The maximum Gasteiger partial charge on any atom is 0.300 e. The highest BCUT2D eigenvalue weighted by Crippen LogP contribution is 2.28. The zero-order valence-corrected chi connectivity index (χ0v) is 10.9. The first kappa shape index (κ1) is 14.7. The van der Waals surface area contributed by atoms with Crippen LogP contribution in [0.4, 0.5) is 11.4 Å². The van der Waals surface area contributed by atoms with Crippen LogP contribution in [-0.4, -0.2) is 40.9 Å². The number of rotatable bonds is 8. The van der Waals surface area contributed by atoms with E-state index in [0.717, 1.165) is 0 Å². The normalized spacial score (nSPS) is 10.7. The number of carbonyl (C=O) groups excluding carboxylic acids is 1. The van der Waals surface area contributed by atoms with E-state index in [-0.39, 0.29) is 29.7 Å². The second kappa shape index (κ2) is 6.61. The number of ether oxygens (including phenoxy) is 1. The first-order valence-corrected chi connectivity index (χ1v) is 6.09. The van der Waals surface area contributed by atoms with E-state index >= 15 is 0 Å². The van der Waals surface area contributed by atoms with E-state index in [0.29, 0.717) is 18.8 Å². The second-order valence-electron chi connectivity index (χ2n) is 4.11. The number of aromatic nitrogens is 2. The van der Waals surface area contributed by atoms with Crippen molar-refractivity contribution in [2.75, 3.05) is 25.1 Å². The van der Waals surface area contributed by atoms with Crippen LogP contribution in [0.5, 0.6) is 0 Å². The molecule has 2 aromatic rings. The van der Waals surface area contributed by atoms with Crippen LogP contribution in [0.1, 0.15) is 6.42 Å². The number of nitrogens with zero attached hydrogens (tertiary/aromatic N) is 3. The number of non-ortho nitro benzene ring substituents is 1. The Bertz CT molecular complexity index is 655. The number of carbonyl (C=O) groups is 1. The van der Waals surface area contributed by atoms with E-state index in [1.807, 2.05) is 0 Å². The number of benzene rings is 1. The Morgan fingerprint density at radius 1 is 1.38 bits per heavy atom. The summed E-state index contributed by atoms with van der Waals surface area (Å²) >= 11 is 0. The molecule has 0 unspecified atom stereocenters. The fraction of sp³-hybridized carbons (Fsp3) is 0.364. The fourth-order valence-electron chi connectivity index (χ4n) is 1.68. The van der Waals surface area contributed by atoms with Gasteiger partial charge in [0.25, 0.3) is 0 Å². The van der Waals surface area contributed by atoms with Crippen LogP contribution in [-0.2, 0) is 9.53 Å². The molecule has 0 aliphatic heterocycles. The van der Waals surface area contributed by atoms with Gasteiger partial charge in [0, 0.05) is 19.0 Å². The highest BCUT2D eigenvalue weighted by atomic mass is 16.6. The molecule has 0 radical (unpaired) electrons. The summed E-state index contributed by atoms with van der Waals surface area (Å²) in [6, 6.07) is 2.84. The lowest BCUT2D eigenvalue weighted by Crippen LogP contribution is -2.16. The molecule has 0 saturated heterocycles. The molecule has 1 aromatic carbocycles. The summed E-state index contributed by atoms with van der Waals surface area (Å²) in [4.78, 5) is 20.8. The molecule has 0 saturated carbocycles. The van der Waals surface area contributed by atoms with Crippen LogP contribution in [0.2, 0.25) is 0 Å². The van der Waals surface area contributed by atoms with Gasteiger partial charge in [0.15, 0.2) is 5.52 Å². The summed E-state index contributed by atoms with van der Waals surface area (Å²) in [5.74, 6) is -0.422. The Kier molecular flexibility index (Phi) is 4.61. The second-order valence-corrected chi connectivity index (χ2v) is 4.11. The minimum atomic E-state index is -0.552. The lowest BCUT2D eigenvalue weighted by molar-refractivity contribution is -0.383. The van der Waals surface area contributed by atoms with Gasteiger partial charge >= 0.3 is 5.69 Å². The van der Waals surface area contributed by atoms with E-state index in [2.05, 4.69) is 20.3 Å². The van der Waals surface area contributed by atoms with E-state index in [9.17, 15) is 14.9 Å². The van der Waals surface area contributed by atoms with E-state index in [1.165, 1.54) is 12.1 Å². The molecule has 112 valence electrons. The van der Waals surface area contributed by atoms with E-state index in [4.69, 9.17) is 10.5 Å². The molecule has 2 rings (SSSR count). The molecule has 0 aliphatic rings. The van der Waals surface area contributed by atoms with Crippen molar-refractivity contribution in [2.24, 2.45) is 5.73 Å². The molecule has 21 heavy (non-hydrogen) atoms. The van der Waals surface area contributed by atoms with Crippen LogP contribution >= 0.6 is 0 Å². The standard InChI is InChI=1S/C11H13N5O5/c12-9(17)3-5-20-6-4-13-7-1-2-8(16(18)19)11-10(7)14-21-15-11/h1-2,13H,3-6H2,(H2,12,17). The Morgan fingerprint density at radius 2 is 2.14 bits per heavy atom. The van der Waals surface area contributed by atoms with Crippen LogP contribution in [0.25, 0.3) is 11.0 Å². The molecule has 0 spiro atoms. The molecule has 0 aliphatic carbocycles. The monoisotopic (exact) mass is 295 g/mol. The molecule has 3 N–H and O–H groups in total. The first-order valence-electron chi connectivity index (χ1n) is 6.09. The summed E-state index contributed by atoms with van der Waals surface area (Å²) in [6.45, 7) is 1.02. The molecular formula is C11H13N5O5. The van der Waals surface area contributed by atoms with Crippen molar-refractivity contribution in [1.82, 2.24) is 10.3 Å².